The number of nitrogens with zero attached hydrogens (tertiary/aromatic N) is 2. The summed E-state index contributed by atoms with van der Waals surface area (Å²) in [5.74, 6) is 5.24. The van der Waals surface area contributed by atoms with Crippen LogP contribution in [-0.4, -0.2) is 41.3 Å². The molecule has 1 aliphatic heterocycles. The molecular formula is C11H15N5O2. The fourth-order valence-corrected chi connectivity index (χ4v) is 1.84. The maximum absolute atomic E-state index is 12.3. The quantitative estimate of drug-likeness (QED) is 0.477. The lowest BCUT2D eigenvalue weighted by Crippen LogP contribution is -2.37. The SMILES string of the molecule is NNc1ncccc1C(=O)N1CCCNC(=O)C1. The number of carbonyl (C=O) groups excluding carboxylic acids is 2. The molecule has 1 saturated heterocycles. The second-order valence-electron chi connectivity index (χ2n) is 3.97. The third-order valence-corrected chi connectivity index (χ3v) is 2.72. The summed E-state index contributed by atoms with van der Waals surface area (Å²) in [6.07, 6.45) is 2.28. The van der Waals surface area contributed by atoms with Crippen molar-refractivity contribution in [2.75, 3.05) is 25.1 Å². The number of pyridine rings is 1. The van der Waals surface area contributed by atoms with Gasteiger partial charge in [0.05, 0.1) is 12.1 Å². The standard InChI is InChI=1S/C11H15N5O2/c12-15-10-8(3-1-4-14-10)11(18)16-6-2-5-13-9(17)7-16/h1,3-4H,2,5-7,12H2,(H,13,17)(H,14,15). The van der Waals surface area contributed by atoms with Crippen LogP contribution in [0.2, 0.25) is 0 Å². The number of rotatable bonds is 2. The van der Waals surface area contributed by atoms with Gasteiger partial charge in [0.15, 0.2) is 5.82 Å². The Balaban J connectivity index is 2.21. The first kappa shape index (κ1) is 12.3. The molecule has 0 spiro atoms. The summed E-state index contributed by atoms with van der Waals surface area (Å²) in [5, 5.41) is 2.72. The number of hydrogen-bond donors (Lipinski definition) is 3. The van der Waals surface area contributed by atoms with E-state index in [2.05, 4.69) is 15.7 Å². The second kappa shape index (κ2) is 5.46. The summed E-state index contributed by atoms with van der Waals surface area (Å²) >= 11 is 0. The topological polar surface area (TPSA) is 100 Å². The number of nitrogens with two attached hydrogens (primary N) is 1. The molecule has 0 unspecified atom stereocenters. The predicted molar refractivity (Wildman–Crippen MR) is 65.6 cm³/mol. The van der Waals surface area contributed by atoms with Gasteiger partial charge in [-0.3, -0.25) is 9.59 Å². The van der Waals surface area contributed by atoms with E-state index >= 15 is 0 Å². The van der Waals surface area contributed by atoms with Gasteiger partial charge >= 0.3 is 0 Å². The summed E-state index contributed by atoms with van der Waals surface area (Å²) < 4.78 is 0. The van der Waals surface area contributed by atoms with Gasteiger partial charge < -0.3 is 15.6 Å². The zero-order valence-electron chi connectivity index (χ0n) is 9.85. The van der Waals surface area contributed by atoms with Crippen molar-refractivity contribution in [1.29, 1.82) is 0 Å². The van der Waals surface area contributed by atoms with Crippen LogP contribution in [0.25, 0.3) is 0 Å². The predicted octanol–water partition coefficient (Wildman–Crippen LogP) is -0.671. The van der Waals surface area contributed by atoms with E-state index in [1.165, 1.54) is 4.90 Å². The number of hydrazine groups is 1. The van der Waals surface area contributed by atoms with Gasteiger partial charge in [0.1, 0.15) is 0 Å². The maximum atomic E-state index is 12.3. The normalized spacial score (nSPS) is 15.8. The molecular weight excluding hydrogens is 234 g/mol. The lowest BCUT2D eigenvalue weighted by atomic mass is 10.2. The summed E-state index contributed by atoms with van der Waals surface area (Å²) in [6, 6.07) is 3.29. The molecule has 1 aromatic heterocycles. The first-order valence-corrected chi connectivity index (χ1v) is 5.70. The summed E-state index contributed by atoms with van der Waals surface area (Å²) in [4.78, 5) is 29.2. The minimum Gasteiger partial charge on any atom is -0.354 e. The second-order valence-corrected chi connectivity index (χ2v) is 3.97. The third kappa shape index (κ3) is 2.57. The average Bonchev–Trinajstić information content (AvgIpc) is 2.62. The van der Waals surface area contributed by atoms with Gasteiger partial charge in [0.2, 0.25) is 5.91 Å². The molecule has 1 fully saturated rings. The van der Waals surface area contributed by atoms with Crippen LogP contribution in [0, 0.1) is 0 Å². The van der Waals surface area contributed by atoms with Crippen LogP contribution in [0.4, 0.5) is 5.82 Å². The van der Waals surface area contributed by atoms with Crippen LogP contribution in [0.3, 0.4) is 0 Å². The first-order valence-electron chi connectivity index (χ1n) is 5.70. The van der Waals surface area contributed by atoms with Crippen LogP contribution in [0.5, 0.6) is 0 Å². The fourth-order valence-electron chi connectivity index (χ4n) is 1.84. The molecule has 0 bridgehead atoms. The molecule has 7 nitrogen and oxygen atoms in total. The van der Waals surface area contributed by atoms with E-state index in [-0.39, 0.29) is 18.4 Å². The molecule has 0 atom stereocenters. The first-order chi connectivity index (χ1) is 8.72. The van der Waals surface area contributed by atoms with Gasteiger partial charge in [0.25, 0.3) is 5.91 Å². The largest absolute Gasteiger partial charge is 0.354 e. The van der Waals surface area contributed by atoms with Crippen LogP contribution in [-0.2, 0) is 4.79 Å². The molecule has 18 heavy (non-hydrogen) atoms. The number of aromatic nitrogens is 1. The van der Waals surface area contributed by atoms with Crippen LogP contribution >= 0.6 is 0 Å². The van der Waals surface area contributed by atoms with Crippen molar-refractivity contribution >= 4 is 17.6 Å². The molecule has 2 amide bonds. The molecule has 0 aliphatic carbocycles. The van der Waals surface area contributed by atoms with Crippen molar-refractivity contribution in [3.63, 3.8) is 0 Å². The van der Waals surface area contributed by atoms with E-state index in [1.807, 2.05) is 0 Å². The van der Waals surface area contributed by atoms with Crippen molar-refractivity contribution in [2.24, 2.45) is 5.84 Å². The molecule has 2 rings (SSSR count). The van der Waals surface area contributed by atoms with Crippen LogP contribution < -0.4 is 16.6 Å². The Hall–Kier alpha value is -2.15. The zero-order chi connectivity index (χ0) is 13.0. The number of anilines is 1. The highest BCUT2D eigenvalue weighted by atomic mass is 16.2. The molecule has 0 saturated carbocycles. The smallest absolute Gasteiger partial charge is 0.258 e. The lowest BCUT2D eigenvalue weighted by molar-refractivity contribution is -0.121. The average molecular weight is 249 g/mol. The minimum absolute atomic E-state index is 0.0672. The molecule has 96 valence electrons. The summed E-state index contributed by atoms with van der Waals surface area (Å²) in [7, 11) is 0. The van der Waals surface area contributed by atoms with Crippen LogP contribution in [0.15, 0.2) is 18.3 Å². The van der Waals surface area contributed by atoms with Gasteiger partial charge in [-0.1, -0.05) is 0 Å². The van der Waals surface area contributed by atoms with Gasteiger partial charge in [0, 0.05) is 19.3 Å². The Bertz CT molecular complexity index is 463. The maximum Gasteiger partial charge on any atom is 0.258 e. The van der Waals surface area contributed by atoms with Gasteiger partial charge in [-0.15, -0.1) is 0 Å². The van der Waals surface area contributed by atoms with Crippen molar-refractivity contribution in [3.05, 3.63) is 23.9 Å². The molecule has 1 aliphatic rings. The third-order valence-electron chi connectivity index (χ3n) is 2.72. The molecule has 0 radical (unpaired) electrons. The van der Waals surface area contributed by atoms with Crippen molar-refractivity contribution < 1.29 is 9.59 Å². The zero-order valence-corrected chi connectivity index (χ0v) is 9.85. The van der Waals surface area contributed by atoms with Gasteiger partial charge in [-0.2, -0.15) is 0 Å². The van der Waals surface area contributed by atoms with Gasteiger partial charge in [-0.05, 0) is 18.6 Å². The Morgan fingerprint density at radius 2 is 2.39 bits per heavy atom. The number of nitrogen functional groups attached to an aromatic ring is 1. The minimum atomic E-state index is -0.242. The van der Waals surface area contributed by atoms with Gasteiger partial charge in [-0.25, -0.2) is 10.8 Å². The highest BCUT2D eigenvalue weighted by Crippen LogP contribution is 2.13. The van der Waals surface area contributed by atoms with Crippen molar-refractivity contribution in [3.8, 4) is 0 Å². The van der Waals surface area contributed by atoms with Crippen LogP contribution in [0.1, 0.15) is 16.8 Å². The van der Waals surface area contributed by atoms with E-state index in [4.69, 9.17) is 5.84 Å². The molecule has 1 aromatic rings. The van der Waals surface area contributed by atoms with E-state index < -0.39 is 0 Å². The Labute approximate surface area is 104 Å². The van der Waals surface area contributed by atoms with Crippen molar-refractivity contribution in [2.45, 2.75) is 6.42 Å². The molecule has 4 N–H and O–H groups in total. The Morgan fingerprint density at radius 1 is 1.56 bits per heavy atom. The number of hydrogen-bond acceptors (Lipinski definition) is 5. The summed E-state index contributed by atoms with van der Waals surface area (Å²) in [5.41, 5.74) is 2.75. The molecule has 0 aromatic carbocycles. The lowest BCUT2D eigenvalue weighted by Gasteiger charge is -2.19. The Kier molecular flexibility index (Phi) is 3.73. The number of amides is 2. The van der Waals surface area contributed by atoms with E-state index in [1.54, 1.807) is 18.3 Å². The van der Waals surface area contributed by atoms with E-state index in [0.717, 1.165) is 6.42 Å². The number of nitrogens with one attached hydrogen (secondary N) is 2. The van der Waals surface area contributed by atoms with Crippen molar-refractivity contribution in [1.82, 2.24) is 15.2 Å². The fraction of sp³-hybridized carbons (Fsp3) is 0.364. The highest BCUT2D eigenvalue weighted by Gasteiger charge is 2.23. The van der Waals surface area contributed by atoms with E-state index in [0.29, 0.717) is 24.5 Å². The van der Waals surface area contributed by atoms with E-state index in [9.17, 15) is 9.59 Å². The molecule has 7 heteroatoms. The highest BCUT2D eigenvalue weighted by molar-refractivity contribution is 6.00. The molecule has 2 heterocycles. The Morgan fingerprint density at radius 3 is 3.17 bits per heavy atom. The summed E-state index contributed by atoms with van der Waals surface area (Å²) in [6.45, 7) is 1.20. The number of carbonyl (C=O) groups is 2. The monoisotopic (exact) mass is 249 g/mol.